The molecule has 0 saturated heterocycles. The molecule has 1 amide bonds. The second kappa shape index (κ2) is 6.23. The molecular weight excluding hydrogens is 311 g/mol. The number of nitrogens with one attached hydrogen (secondary N) is 1. The van der Waals surface area contributed by atoms with Gasteiger partial charge in [-0.2, -0.15) is 4.52 Å². The molecule has 0 fully saturated rings. The Morgan fingerprint density at radius 1 is 1.21 bits per heavy atom. The molecule has 24 heavy (non-hydrogen) atoms. The number of halogens is 1. The summed E-state index contributed by atoms with van der Waals surface area (Å²) < 4.78 is 15.5. The van der Waals surface area contributed by atoms with E-state index in [1.54, 1.807) is 51.4 Å². The number of aromatic nitrogens is 4. The van der Waals surface area contributed by atoms with Crippen molar-refractivity contribution >= 4 is 17.4 Å². The van der Waals surface area contributed by atoms with Gasteiger partial charge >= 0.3 is 0 Å². The van der Waals surface area contributed by atoms with E-state index in [0.717, 1.165) is 0 Å². The third-order valence-electron chi connectivity index (χ3n) is 3.55. The molecule has 2 aromatic heterocycles. The average Bonchev–Trinajstić information content (AvgIpc) is 2.97. The summed E-state index contributed by atoms with van der Waals surface area (Å²) in [5, 5.41) is 15.4. The first-order chi connectivity index (χ1) is 11.5. The largest absolute Gasteiger partial charge is 0.357 e. The van der Waals surface area contributed by atoms with Crippen molar-refractivity contribution in [1.82, 2.24) is 24.7 Å². The molecule has 1 N–H and O–H groups in total. The van der Waals surface area contributed by atoms with Gasteiger partial charge in [-0.1, -0.05) is 12.1 Å². The van der Waals surface area contributed by atoms with Gasteiger partial charge in [-0.05, 0) is 31.2 Å². The number of nitrogens with zero attached hydrogens (tertiary/aromatic N) is 5. The van der Waals surface area contributed by atoms with Gasteiger partial charge in [-0.3, -0.25) is 4.79 Å². The molecule has 0 aliphatic heterocycles. The summed E-state index contributed by atoms with van der Waals surface area (Å²) in [6.07, 6.45) is 0. The summed E-state index contributed by atoms with van der Waals surface area (Å²) in [6.45, 7) is 1.75. The van der Waals surface area contributed by atoms with Crippen molar-refractivity contribution < 1.29 is 9.18 Å². The van der Waals surface area contributed by atoms with Gasteiger partial charge in [0.15, 0.2) is 11.5 Å². The fraction of sp³-hybridized carbons (Fsp3) is 0.250. The molecule has 0 unspecified atom stereocenters. The average molecular weight is 328 g/mol. The van der Waals surface area contributed by atoms with Gasteiger partial charge in [-0.15, -0.1) is 15.3 Å². The summed E-state index contributed by atoms with van der Waals surface area (Å²) in [5.74, 6) is 0.305. The number of carbonyl (C=O) groups excluding carboxylic acids is 1. The second-order valence-electron chi connectivity index (χ2n) is 5.59. The van der Waals surface area contributed by atoms with Gasteiger partial charge in [0.2, 0.25) is 5.91 Å². The Hall–Kier alpha value is -3.03. The summed E-state index contributed by atoms with van der Waals surface area (Å²) in [4.78, 5) is 13.4. The molecule has 1 aromatic carbocycles. The zero-order chi connectivity index (χ0) is 17.3. The van der Waals surface area contributed by atoms with Crippen molar-refractivity contribution in [3.63, 3.8) is 0 Å². The van der Waals surface area contributed by atoms with E-state index in [9.17, 15) is 9.18 Å². The zero-order valence-corrected chi connectivity index (χ0v) is 13.6. The number of hydrogen-bond acceptors (Lipinski definition) is 5. The molecule has 2 heterocycles. The Kier molecular flexibility index (Phi) is 4.11. The number of carbonyl (C=O) groups is 1. The first-order valence-electron chi connectivity index (χ1n) is 7.42. The number of likely N-dealkylation sites (N-methyl/N-ethyl adjacent to an activating group) is 1. The Bertz CT molecular complexity index is 891. The first kappa shape index (κ1) is 15.9. The molecule has 3 rings (SSSR count). The molecule has 0 aliphatic carbocycles. The lowest BCUT2D eigenvalue weighted by atomic mass is 10.2. The van der Waals surface area contributed by atoms with Gasteiger partial charge in [0.1, 0.15) is 17.7 Å². The summed E-state index contributed by atoms with van der Waals surface area (Å²) in [6, 6.07) is 9.27. The lowest BCUT2D eigenvalue weighted by Crippen LogP contribution is -2.36. The molecule has 0 saturated carbocycles. The molecule has 8 heteroatoms. The number of rotatable bonds is 4. The van der Waals surface area contributed by atoms with Crippen molar-refractivity contribution in [1.29, 1.82) is 0 Å². The van der Waals surface area contributed by atoms with E-state index in [1.807, 2.05) is 0 Å². The van der Waals surface area contributed by atoms with Crippen molar-refractivity contribution in [2.24, 2.45) is 0 Å². The van der Waals surface area contributed by atoms with Crippen LogP contribution >= 0.6 is 0 Å². The minimum atomic E-state index is -0.446. The first-order valence-corrected chi connectivity index (χ1v) is 7.42. The quantitative estimate of drug-likeness (QED) is 0.791. The third-order valence-corrected chi connectivity index (χ3v) is 3.55. The highest BCUT2D eigenvalue weighted by Crippen LogP contribution is 2.21. The molecule has 1 atom stereocenters. The van der Waals surface area contributed by atoms with Crippen LogP contribution in [-0.2, 0) is 4.79 Å². The maximum atomic E-state index is 14.0. The summed E-state index contributed by atoms with van der Waals surface area (Å²) in [5.41, 5.74) is 0.803. The fourth-order valence-electron chi connectivity index (χ4n) is 2.35. The van der Waals surface area contributed by atoms with E-state index < -0.39 is 11.9 Å². The van der Waals surface area contributed by atoms with Gasteiger partial charge in [-0.25, -0.2) is 4.39 Å². The van der Waals surface area contributed by atoms with Gasteiger partial charge < -0.3 is 10.2 Å². The van der Waals surface area contributed by atoms with Crippen LogP contribution in [0.4, 0.5) is 10.2 Å². The van der Waals surface area contributed by atoms with E-state index >= 15 is 0 Å². The van der Waals surface area contributed by atoms with E-state index in [0.29, 0.717) is 22.9 Å². The monoisotopic (exact) mass is 328 g/mol. The van der Waals surface area contributed by atoms with Gasteiger partial charge in [0.05, 0.1) is 5.56 Å². The molecule has 124 valence electrons. The standard InChI is InChI=1S/C16H17FN6O/c1-10(16(24)22(2)3)18-13-8-9-14-19-20-15(23(14)21-13)11-6-4-5-7-12(11)17/h4-10H,1-3H3,(H,18,21)/t10-/m0/s1. The molecule has 3 aromatic rings. The van der Waals surface area contributed by atoms with E-state index in [-0.39, 0.29) is 5.91 Å². The highest BCUT2D eigenvalue weighted by Gasteiger charge is 2.17. The van der Waals surface area contributed by atoms with E-state index in [2.05, 4.69) is 20.6 Å². The molecule has 0 spiro atoms. The fourth-order valence-corrected chi connectivity index (χ4v) is 2.35. The smallest absolute Gasteiger partial charge is 0.244 e. The Balaban J connectivity index is 1.98. The van der Waals surface area contributed by atoms with Crippen LogP contribution < -0.4 is 5.32 Å². The van der Waals surface area contributed by atoms with Crippen LogP contribution in [0.3, 0.4) is 0 Å². The Labute approximate surface area is 138 Å². The number of benzene rings is 1. The maximum absolute atomic E-state index is 14.0. The number of amides is 1. The van der Waals surface area contributed by atoms with Gasteiger partial charge in [0, 0.05) is 14.1 Å². The normalized spacial score (nSPS) is 12.2. The zero-order valence-electron chi connectivity index (χ0n) is 13.6. The van der Waals surface area contributed by atoms with Crippen molar-refractivity contribution in [3.05, 3.63) is 42.2 Å². The van der Waals surface area contributed by atoms with Gasteiger partial charge in [0.25, 0.3) is 0 Å². The summed E-state index contributed by atoms with van der Waals surface area (Å²) >= 11 is 0. The van der Waals surface area contributed by atoms with Crippen LogP contribution in [0.2, 0.25) is 0 Å². The molecular formula is C16H17FN6O. The van der Waals surface area contributed by atoms with Crippen molar-refractivity contribution in [2.75, 3.05) is 19.4 Å². The van der Waals surface area contributed by atoms with Crippen molar-refractivity contribution in [2.45, 2.75) is 13.0 Å². The second-order valence-corrected chi connectivity index (χ2v) is 5.59. The molecule has 0 bridgehead atoms. The number of anilines is 1. The highest BCUT2D eigenvalue weighted by atomic mass is 19.1. The van der Waals surface area contributed by atoms with Crippen LogP contribution in [-0.4, -0.2) is 50.8 Å². The van der Waals surface area contributed by atoms with Crippen LogP contribution in [0.25, 0.3) is 17.0 Å². The minimum Gasteiger partial charge on any atom is -0.357 e. The number of fused-ring (bicyclic) bond motifs is 1. The number of hydrogen-bond donors (Lipinski definition) is 1. The predicted octanol–water partition coefficient (Wildman–Crippen LogP) is 1.82. The van der Waals surface area contributed by atoms with E-state index in [4.69, 9.17) is 0 Å². The summed E-state index contributed by atoms with van der Waals surface area (Å²) in [7, 11) is 3.38. The Morgan fingerprint density at radius 2 is 1.96 bits per heavy atom. The lowest BCUT2D eigenvalue weighted by molar-refractivity contribution is -0.129. The predicted molar refractivity (Wildman–Crippen MR) is 88.0 cm³/mol. The van der Waals surface area contributed by atoms with Crippen molar-refractivity contribution in [3.8, 4) is 11.4 Å². The van der Waals surface area contributed by atoms with Crippen LogP contribution in [0, 0.1) is 5.82 Å². The lowest BCUT2D eigenvalue weighted by Gasteiger charge is -2.18. The van der Waals surface area contributed by atoms with Crippen LogP contribution in [0.15, 0.2) is 36.4 Å². The van der Waals surface area contributed by atoms with Crippen LogP contribution in [0.5, 0.6) is 0 Å². The minimum absolute atomic E-state index is 0.0741. The molecule has 0 aliphatic rings. The third kappa shape index (κ3) is 2.90. The topological polar surface area (TPSA) is 75.4 Å². The SMILES string of the molecule is C[C@H](Nc1ccc2nnc(-c3ccccc3F)n2n1)C(=O)N(C)C. The Morgan fingerprint density at radius 3 is 2.67 bits per heavy atom. The maximum Gasteiger partial charge on any atom is 0.244 e. The highest BCUT2D eigenvalue weighted by molar-refractivity contribution is 5.83. The van der Waals surface area contributed by atoms with Crippen LogP contribution in [0.1, 0.15) is 6.92 Å². The molecule has 7 nitrogen and oxygen atoms in total. The molecule has 0 radical (unpaired) electrons. The van der Waals surface area contributed by atoms with E-state index in [1.165, 1.54) is 15.5 Å².